The van der Waals surface area contributed by atoms with Crippen LogP contribution in [-0.4, -0.2) is 24.5 Å². The van der Waals surface area contributed by atoms with E-state index in [2.05, 4.69) is 0 Å². The number of ether oxygens (including phenoxy) is 1. The Kier molecular flexibility index (Phi) is 4.41. The van der Waals surface area contributed by atoms with Crippen molar-refractivity contribution in [2.24, 2.45) is 5.41 Å². The SMILES string of the molecule is CC(C)(C)C(=O)O[C@H]1CCN(c2cccc(C(F)(F)F)c2)C1=O. The predicted molar refractivity (Wildman–Crippen MR) is 77.7 cm³/mol. The molecule has 0 spiro atoms. The summed E-state index contributed by atoms with van der Waals surface area (Å²) in [5, 5.41) is 0. The molecule has 0 bridgehead atoms. The molecule has 1 heterocycles. The molecule has 126 valence electrons. The largest absolute Gasteiger partial charge is 0.452 e. The maximum atomic E-state index is 12.8. The van der Waals surface area contributed by atoms with Crippen molar-refractivity contribution in [3.63, 3.8) is 0 Å². The van der Waals surface area contributed by atoms with Crippen LogP contribution in [0.15, 0.2) is 24.3 Å². The normalized spacial score (nSPS) is 19.1. The van der Waals surface area contributed by atoms with Gasteiger partial charge in [0.15, 0.2) is 6.10 Å². The number of nitrogens with zero attached hydrogens (tertiary/aromatic N) is 1. The molecule has 1 aromatic rings. The minimum Gasteiger partial charge on any atom is -0.452 e. The molecule has 7 heteroatoms. The van der Waals surface area contributed by atoms with Gasteiger partial charge in [-0.05, 0) is 39.0 Å². The zero-order valence-corrected chi connectivity index (χ0v) is 13.1. The maximum absolute atomic E-state index is 12.8. The molecule has 0 radical (unpaired) electrons. The molecule has 1 atom stereocenters. The van der Waals surface area contributed by atoms with E-state index in [1.165, 1.54) is 17.0 Å². The fraction of sp³-hybridized carbons (Fsp3) is 0.500. The molecule has 1 fully saturated rings. The highest BCUT2D eigenvalue weighted by molar-refractivity contribution is 6.00. The third-order valence-corrected chi connectivity index (χ3v) is 3.50. The number of carbonyl (C=O) groups is 2. The van der Waals surface area contributed by atoms with Gasteiger partial charge in [-0.15, -0.1) is 0 Å². The molecular weight excluding hydrogens is 311 g/mol. The summed E-state index contributed by atoms with van der Waals surface area (Å²) >= 11 is 0. The van der Waals surface area contributed by atoms with E-state index in [1.807, 2.05) is 0 Å². The predicted octanol–water partition coefficient (Wildman–Crippen LogP) is 3.40. The number of hydrogen-bond acceptors (Lipinski definition) is 3. The van der Waals surface area contributed by atoms with Gasteiger partial charge in [0, 0.05) is 18.7 Å². The summed E-state index contributed by atoms with van der Waals surface area (Å²) < 4.78 is 43.5. The van der Waals surface area contributed by atoms with Crippen molar-refractivity contribution in [3.8, 4) is 0 Å². The van der Waals surface area contributed by atoms with Crippen molar-refractivity contribution < 1.29 is 27.5 Å². The molecular formula is C16H18F3NO3. The summed E-state index contributed by atoms with van der Waals surface area (Å²) in [7, 11) is 0. The van der Waals surface area contributed by atoms with E-state index in [0.29, 0.717) is 0 Å². The van der Waals surface area contributed by atoms with Crippen molar-refractivity contribution in [3.05, 3.63) is 29.8 Å². The number of benzene rings is 1. The Labute approximate surface area is 132 Å². The first kappa shape index (κ1) is 17.3. The van der Waals surface area contributed by atoms with Gasteiger partial charge in [0.1, 0.15) is 0 Å². The van der Waals surface area contributed by atoms with Crippen molar-refractivity contribution in [2.75, 3.05) is 11.4 Å². The van der Waals surface area contributed by atoms with Crippen LogP contribution in [0, 0.1) is 5.41 Å². The fourth-order valence-electron chi connectivity index (χ4n) is 2.18. The third kappa shape index (κ3) is 3.83. The molecule has 2 rings (SSSR count). The van der Waals surface area contributed by atoms with Gasteiger partial charge in [-0.2, -0.15) is 13.2 Å². The standard InChI is InChI=1S/C16H18F3NO3/c1-15(2,3)14(22)23-12-7-8-20(13(12)21)11-6-4-5-10(9-11)16(17,18)19/h4-6,9,12H,7-8H2,1-3H3/t12-/m0/s1. The molecule has 1 aliphatic heterocycles. The average Bonchev–Trinajstić information content (AvgIpc) is 2.78. The molecule has 1 aliphatic rings. The number of carbonyl (C=O) groups excluding carboxylic acids is 2. The molecule has 0 saturated carbocycles. The highest BCUT2D eigenvalue weighted by atomic mass is 19.4. The van der Waals surface area contributed by atoms with Crippen molar-refractivity contribution in [2.45, 2.75) is 39.5 Å². The van der Waals surface area contributed by atoms with Crippen LogP contribution in [0.5, 0.6) is 0 Å². The van der Waals surface area contributed by atoms with E-state index >= 15 is 0 Å². The van der Waals surface area contributed by atoms with Crippen LogP contribution >= 0.6 is 0 Å². The molecule has 0 N–H and O–H groups in total. The quantitative estimate of drug-likeness (QED) is 0.781. The highest BCUT2D eigenvalue weighted by Gasteiger charge is 2.38. The van der Waals surface area contributed by atoms with Gasteiger partial charge in [0.05, 0.1) is 11.0 Å². The van der Waals surface area contributed by atoms with Gasteiger partial charge in [-0.1, -0.05) is 6.07 Å². The van der Waals surface area contributed by atoms with Crippen LogP contribution in [0.4, 0.5) is 18.9 Å². The third-order valence-electron chi connectivity index (χ3n) is 3.50. The minimum absolute atomic E-state index is 0.152. The monoisotopic (exact) mass is 329 g/mol. The maximum Gasteiger partial charge on any atom is 0.416 e. The van der Waals surface area contributed by atoms with Crippen molar-refractivity contribution in [1.82, 2.24) is 0 Å². The first-order valence-electron chi connectivity index (χ1n) is 7.20. The Morgan fingerprint density at radius 3 is 2.48 bits per heavy atom. The van der Waals surface area contributed by atoms with Crippen LogP contribution < -0.4 is 4.90 Å². The Morgan fingerprint density at radius 2 is 1.91 bits per heavy atom. The molecule has 1 saturated heterocycles. The molecule has 0 aliphatic carbocycles. The fourth-order valence-corrected chi connectivity index (χ4v) is 2.18. The van der Waals surface area contributed by atoms with E-state index < -0.39 is 35.1 Å². The Balaban J connectivity index is 2.15. The number of esters is 1. The van der Waals surface area contributed by atoms with Gasteiger partial charge in [0.25, 0.3) is 5.91 Å². The number of hydrogen-bond donors (Lipinski definition) is 0. The lowest BCUT2D eigenvalue weighted by molar-refractivity contribution is -0.161. The smallest absolute Gasteiger partial charge is 0.416 e. The Bertz CT molecular complexity index is 620. The number of amides is 1. The van der Waals surface area contributed by atoms with Gasteiger partial charge in [-0.25, -0.2) is 0 Å². The summed E-state index contributed by atoms with van der Waals surface area (Å²) in [6, 6.07) is 4.55. The van der Waals surface area contributed by atoms with Gasteiger partial charge >= 0.3 is 12.1 Å². The van der Waals surface area contributed by atoms with Gasteiger partial charge in [-0.3, -0.25) is 9.59 Å². The van der Waals surface area contributed by atoms with E-state index in [1.54, 1.807) is 20.8 Å². The minimum atomic E-state index is -4.48. The summed E-state index contributed by atoms with van der Waals surface area (Å²) in [4.78, 5) is 25.4. The molecule has 23 heavy (non-hydrogen) atoms. The highest BCUT2D eigenvalue weighted by Crippen LogP contribution is 2.33. The second-order valence-corrected chi connectivity index (χ2v) is 6.47. The van der Waals surface area contributed by atoms with Crippen molar-refractivity contribution in [1.29, 1.82) is 0 Å². The number of alkyl halides is 3. The lowest BCUT2D eigenvalue weighted by Crippen LogP contribution is -2.35. The van der Waals surface area contributed by atoms with Crippen LogP contribution in [0.2, 0.25) is 0 Å². The topological polar surface area (TPSA) is 46.6 Å². The summed E-state index contributed by atoms with van der Waals surface area (Å²) in [5.74, 6) is -1.01. The summed E-state index contributed by atoms with van der Waals surface area (Å²) in [6.07, 6.45) is -5.16. The van der Waals surface area contributed by atoms with E-state index in [-0.39, 0.29) is 18.7 Å². The molecule has 1 aromatic carbocycles. The average molecular weight is 329 g/mol. The van der Waals surface area contributed by atoms with Crippen molar-refractivity contribution >= 4 is 17.6 Å². The van der Waals surface area contributed by atoms with E-state index in [0.717, 1.165) is 12.1 Å². The zero-order chi connectivity index (χ0) is 17.4. The first-order valence-corrected chi connectivity index (χ1v) is 7.20. The number of halogens is 3. The molecule has 4 nitrogen and oxygen atoms in total. The summed E-state index contributed by atoms with van der Waals surface area (Å²) in [6.45, 7) is 5.21. The lowest BCUT2D eigenvalue weighted by Gasteiger charge is -2.21. The molecule has 0 aromatic heterocycles. The van der Waals surface area contributed by atoms with Gasteiger partial charge in [0.2, 0.25) is 0 Å². The van der Waals surface area contributed by atoms with Crippen LogP contribution in [0.3, 0.4) is 0 Å². The van der Waals surface area contributed by atoms with E-state index in [4.69, 9.17) is 4.74 Å². The number of rotatable bonds is 2. The second-order valence-electron chi connectivity index (χ2n) is 6.47. The molecule has 0 unspecified atom stereocenters. The zero-order valence-electron chi connectivity index (χ0n) is 13.1. The molecule has 1 amide bonds. The Hall–Kier alpha value is -2.05. The lowest BCUT2D eigenvalue weighted by atomic mass is 9.97. The van der Waals surface area contributed by atoms with Crippen LogP contribution in [-0.2, 0) is 20.5 Å². The van der Waals surface area contributed by atoms with E-state index in [9.17, 15) is 22.8 Å². The second kappa shape index (κ2) is 5.86. The van der Waals surface area contributed by atoms with Crippen LogP contribution in [0.1, 0.15) is 32.8 Å². The summed E-state index contributed by atoms with van der Waals surface area (Å²) in [5.41, 5.74) is -1.42. The number of anilines is 1. The Morgan fingerprint density at radius 1 is 1.26 bits per heavy atom. The first-order chi connectivity index (χ1) is 10.5. The van der Waals surface area contributed by atoms with Gasteiger partial charge < -0.3 is 9.64 Å². The van der Waals surface area contributed by atoms with Crippen LogP contribution in [0.25, 0.3) is 0 Å².